The van der Waals surface area contributed by atoms with Crippen molar-refractivity contribution in [2.75, 3.05) is 6.61 Å². The van der Waals surface area contributed by atoms with Gasteiger partial charge in [0.2, 0.25) is 0 Å². The normalized spacial score (nSPS) is 20.2. The summed E-state index contributed by atoms with van der Waals surface area (Å²) in [7, 11) is 0. The van der Waals surface area contributed by atoms with Gasteiger partial charge < -0.3 is 9.47 Å². The van der Waals surface area contributed by atoms with E-state index in [1.807, 2.05) is 13.8 Å². The average Bonchev–Trinajstić information content (AvgIpc) is 2.86. The molecular weight excluding hydrogens is 542 g/mol. The van der Waals surface area contributed by atoms with E-state index in [2.05, 4.69) is 0 Å². The molecule has 1 aliphatic carbocycles. The van der Waals surface area contributed by atoms with Crippen LogP contribution in [0, 0.1) is 5.92 Å². The minimum absolute atomic E-state index is 0.0365. The summed E-state index contributed by atoms with van der Waals surface area (Å²) in [6.45, 7) is 4.53. The molecule has 0 saturated heterocycles. The van der Waals surface area contributed by atoms with Gasteiger partial charge in [0, 0.05) is 16.5 Å². The van der Waals surface area contributed by atoms with Crippen LogP contribution in [0.3, 0.4) is 0 Å². The van der Waals surface area contributed by atoms with E-state index in [0.29, 0.717) is 36.9 Å². The summed E-state index contributed by atoms with van der Waals surface area (Å²) in [6.07, 6.45) is -8.74. The molecule has 4 rings (SSSR count). The Morgan fingerprint density at radius 3 is 2.31 bits per heavy atom. The molecule has 0 heterocycles. The maximum Gasteiger partial charge on any atom is 0.416 e. The quantitative estimate of drug-likeness (QED) is 0.263. The van der Waals surface area contributed by atoms with Gasteiger partial charge in [-0.3, -0.25) is 0 Å². The molecule has 0 aliphatic heterocycles. The van der Waals surface area contributed by atoms with E-state index < -0.39 is 35.0 Å². The molecule has 0 aromatic heterocycles. The summed E-state index contributed by atoms with van der Waals surface area (Å²) < 4.78 is 95.7. The van der Waals surface area contributed by atoms with Gasteiger partial charge in [-0.1, -0.05) is 49.7 Å². The first-order valence-electron chi connectivity index (χ1n) is 12.7. The van der Waals surface area contributed by atoms with Crippen molar-refractivity contribution in [3.8, 4) is 11.5 Å². The molecule has 2 atom stereocenters. The number of hydrogen-bond donors (Lipinski definition) is 0. The highest BCUT2D eigenvalue weighted by atomic mass is 35.5. The van der Waals surface area contributed by atoms with Crippen molar-refractivity contribution >= 4 is 11.6 Å². The lowest BCUT2D eigenvalue weighted by Gasteiger charge is -2.43. The Morgan fingerprint density at radius 1 is 0.897 bits per heavy atom. The molecule has 2 unspecified atom stereocenters. The predicted molar refractivity (Wildman–Crippen MR) is 138 cm³/mol. The van der Waals surface area contributed by atoms with Crippen molar-refractivity contribution in [3.63, 3.8) is 0 Å². The standard InChI is InChI=1S/C30H29ClF6O2/c1-19(2)18-38-23-8-4-9-24(16-23)39-25-10-5-13-28(17-25,20-6-3-7-21(14-20)29(32,33)34)27-15-22(31)11-12-26(27)30(35,36)37/h3-4,6-9,11-12,14-16,19,25H,5,10,13,17-18H2,1-2H3. The van der Waals surface area contributed by atoms with E-state index in [-0.39, 0.29) is 29.0 Å². The molecule has 0 amide bonds. The largest absolute Gasteiger partial charge is 0.493 e. The zero-order chi connectivity index (χ0) is 28.4. The van der Waals surface area contributed by atoms with Crippen LogP contribution in [0.1, 0.15) is 61.8 Å². The SMILES string of the molecule is CC(C)COc1cccc(OC2CCCC(c3cccc(C(F)(F)F)c3)(c3cc(Cl)ccc3C(F)(F)F)C2)c1. The highest BCUT2D eigenvalue weighted by molar-refractivity contribution is 6.30. The van der Waals surface area contributed by atoms with Crippen molar-refractivity contribution in [2.45, 2.75) is 63.4 Å². The first-order chi connectivity index (χ1) is 18.3. The van der Waals surface area contributed by atoms with E-state index in [4.69, 9.17) is 21.1 Å². The fraction of sp³-hybridized carbons (Fsp3) is 0.400. The van der Waals surface area contributed by atoms with Crippen LogP contribution < -0.4 is 9.47 Å². The molecule has 1 fully saturated rings. The first-order valence-corrected chi connectivity index (χ1v) is 13.1. The lowest BCUT2D eigenvalue weighted by molar-refractivity contribution is -0.139. The minimum Gasteiger partial charge on any atom is -0.493 e. The average molecular weight is 571 g/mol. The molecular formula is C30H29ClF6O2. The highest BCUT2D eigenvalue weighted by Crippen LogP contribution is 2.51. The topological polar surface area (TPSA) is 18.5 Å². The molecule has 1 aliphatic rings. The number of halogens is 7. The van der Waals surface area contributed by atoms with Crippen LogP contribution in [-0.2, 0) is 17.8 Å². The molecule has 1 saturated carbocycles. The van der Waals surface area contributed by atoms with Crippen molar-refractivity contribution < 1.29 is 35.8 Å². The van der Waals surface area contributed by atoms with Crippen LogP contribution in [0.15, 0.2) is 66.7 Å². The van der Waals surface area contributed by atoms with Crippen LogP contribution in [0.5, 0.6) is 11.5 Å². The van der Waals surface area contributed by atoms with E-state index in [0.717, 1.165) is 24.3 Å². The van der Waals surface area contributed by atoms with Gasteiger partial charge in [0.1, 0.15) is 11.5 Å². The van der Waals surface area contributed by atoms with Crippen LogP contribution in [0.2, 0.25) is 5.02 Å². The summed E-state index contributed by atoms with van der Waals surface area (Å²) in [6, 6.07) is 14.8. The molecule has 3 aromatic carbocycles. The van der Waals surface area contributed by atoms with E-state index in [9.17, 15) is 26.3 Å². The summed E-state index contributed by atoms with van der Waals surface area (Å²) in [5.41, 5.74) is -3.26. The second kappa shape index (κ2) is 11.3. The molecule has 0 bridgehead atoms. The monoisotopic (exact) mass is 570 g/mol. The summed E-state index contributed by atoms with van der Waals surface area (Å²) in [5, 5.41) is 0.0717. The number of alkyl halides is 6. The number of hydrogen-bond acceptors (Lipinski definition) is 2. The maximum atomic E-state index is 14.2. The van der Waals surface area contributed by atoms with E-state index >= 15 is 0 Å². The number of benzene rings is 3. The van der Waals surface area contributed by atoms with Crippen LogP contribution in [0.4, 0.5) is 26.3 Å². The zero-order valence-electron chi connectivity index (χ0n) is 21.5. The maximum absolute atomic E-state index is 14.2. The van der Waals surface area contributed by atoms with Gasteiger partial charge >= 0.3 is 12.4 Å². The molecule has 39 heavy (non-hydrogen) atoms. The third-order valence-electron chi connectivity index (χ3n) is 6.94. The molecule has 210 valence electrons. The number of rotatable bonds is 7. The van der Waals surface area contributed by atoms with Crippen molar-refractivity contribution in [3.05, 3.63) is 94.0 Å². The van der Waals surface area contributed by atoms with Gasteiger partial charge in [-0.05, 0) is 79.1 Å². The second-order valence-electron chi connectivity index (χ2n) is 10.4. The molecule has 9 heteroatoms. The van der Waals surface area contributed by atoms with Crippen LogP contribution in [0.25, 0.3) is 0 Å². The minimum atomic E-state index is -4.73. The Balaban J connectivity index is 1.79. The zero-order valence-corrected chi connectivity index (χ0v) is 22.3. The van der Waals surface area contributed by atoms with Crippen molar-refractivity contribution in [1.29, 1.82) is 0 Å². The Kier molecular flexibility index (Phi) is 8.45. The number of ether oxygens (including phenoxy) is 2. The van der Waals surface area contributed by atoms with Gasteiger partial charge in [-0.2, -0.15) is 26.3 Å². The Hall–Kier alpha value is -2.87. The van der Waals surface area contributed by atoms with E-state index in [1.165, 1.54) is 18.2 Å². The second-order valence-corrected chi connectivity index (χ2v) is 10.8. The molecule has 2 nitrogen and oxygen atoms in total. The predicted octanol–water partition coefficient (Wildman–Crippen LogP) is 9.72. The van der Waals surface area contributed by atoms with Crippen molar-refractivity contribution in [1.82, 2.24) is 0 Å². The lowest BCUT2D eigenvalue weighted by atomic mass is 9.63. The van der Waals surface area contributed by atoms with Crippen molar-refractivity contribution in [2.24, 2.45) is 5.92 Å². The van der Waals surface area contributed by atoms with Gasteiger partial charge in [0.05, 0.1) is 23.8 Å². The lowest BCUT2D eigenvalue weighted by Crippen LogP contribution is -2.40. The Morgan fingerprint density at radius 2 is 1.62 bits per heavy atom. The molecule has 3 aromatic rings. The van der Waals surface area contributed by atoms with Gasteiger partial charge in [-0.25, -0.2) is 0 Å². The van der Waals surface area contributed by atoms with E-state index in [1.54, 1.807) is 24.3 Å². The summed E-state index contributed by atoms with van der Waals surface area (Å²) in [5.74, 6) is 1.38. The molecule has 0 radical (unpaired) electrons. The van der Waals surface area contributed by atoms with Gasteiger partial charge in [-0.15, -0.1) is 0 Å². The Labute approximate surface area is 228 Å². The first kappa shape index (κ1) is 29.1. The van der Waals surface area contributed by atoms with Gasteiger partial charge in [0.15, 0.2) is 0 Å². The fourth-order valence-corrected chi connectivity index (χ4v) is 5.40. The Bertz CT molecular complexity index is 1290. The smallest absolute Gasteiger partial charge is 0.416 e. The summed E-state index contributed by atoms with van der Waals surface area (Å²) in [4.78, 5) is 0. The van der Waals surface area contributed by atoms with Crippen LogP contribution >= 0.6 is 11.6 Å². The van der Waals surface area contributed by atoms with Crippen LogP contribution in [-0.4, -0.2) is 12.7 Å². The summed E-state index contributed by atoms with van der Waals surface area (Å²) >= 11 is 6.18. The third-order valence-corrected chi connectivity index (χ3v) is 7.18. The molecule has 0 N–H and O–H groups in total. The third kappa shape index (κ3) is 6.83. The molecule has 0 spiro atoms. The van der Waals surface area contributed by atoms with Gasteiger partial charge in [0.25, 0.3) is 0 Å². The highest BCUT2D eigenvalue weighted by Gasteiger charge is 2.47. The fourth-order valence-electron chi connectivity index (χ4n) is 5.23.